The van der Waals surface area contributed by atoms with Crippen LogP contribution in [-0.2, 0) is 0 Å². The van der Waals surface area contributed by atoms with E-state index in [1.165, 1.54) is 36.8 Å². The molecule has 1 aromatic heterocycles. The molecule has 0 aliphatic rings. The number of hydrogen-bond donors (Lipinski definition) is 1. The van der Waals surface area contributed by atoms with Gasteiger partial charge in [-0.2, -0.15) is 0 Å². The van der Waals surface area contributed by atoms with Crippen LogP contribution in [0.15, 0.2) is 47.8 Å². The van der Waals surface area contributed by atoms with Gasteiger partial charge < -0.3 is 10.1 Å². The highest BCUT2D eigenvalue weighted by Crippen LogP contribution is 2.26. The van der Waals surface area contributed by atoms with Crippen molar-refractivity contribution in [3.8, 4) is 17.0 Å². The maximum Gasteiger partial charge on any atom is 0.270 e. The molecule has 0 atom stereocenters. The molecule has 0 saturated heterocycles. The molecule has 8 nitrogen and oxygen atoms in total. The minimum Gasteiger partial charge on any atom is -0.496 e. The first kappa shape index (κ1) is 16.5. The smallest absolute Gasteiger partial charge is 0.270 e. The van der Waals surface area contributed by atoms with E-state index in [4.69, 9.17) is 4.74 Å². The summed E-state index contributed by atoms with van der Waals surface area (Å²) in [6.45, 7) is 0. The Balaban J connectivity index is 1.82. The van der Waals surface area contributed by atoms with Crippen molar-refractivity contribution in [2.75, 3.05) is 12.4 Å². The first-order chi connectivity index (χ1) is 12.1. The van der Waals surface area contributed by atoms with Crippen LogP contribution in [-0.4, -0.2) is 27.5 Å². The number of rotatable bonds is 5. The zero-order valence-electron chi connectivity index (χ0n) is 13.0. The normalized spacial score (nSPS) is 10.3. The third kappa shape index (κ3) is 3.61. The zero-order valence-corrected chi connectivity index (χ0v) is 13.8. The van der Waals surface area contributed by atoms with Crippen molar-refractivity contribution in [2.24, 2.45) is 0 Å². The number of hydrogen-bond acceptors (Lipinski definition) is 7. The van der Waals surface area contributed by atoms with E-state index in [2.05, 4.69) is 14.9 Å². The summed E-state index contributed by atoms with van der Waals surface area (Å²) in [5.41, 5.74) is 2.08. The van der Waals surface area contributed by atoms with Crippen LogP contribution >= 0.6 is 11.5 Å². The number of benzene rings is 2. The number of amides is 1. The second-order valence-corrected chi connectivity index (χ2v) is 5.57. The maximum atomic E-state index is 12.4. The number of nitro groups is 1. The summed E-state index contributed by atoms with van der Waals surface area (Å²) < 4.78 is 8.91. The van der Waals surface area contributed by atoms with E-state index in [9.17, 15) is 14.9 Å². The van der Waals surface area contributed by atoms with E-state index in [-0.39, 0.29) is 17.0 Å². The van der Waals surface area contributed by atoms with Crippen LogP contribution in [0, 0.1) is 10.1 Å². The standard InChI is InChI=1S/C16H12N4O4S/c1-24-15-7-6-12(20(22)23)8-13(15)16(21)17-11-4-2-10(3-5-11)14-9-25-19-18-14/h2-9H,1H3,(H,17,21). The fraction of sp³-hybridized carbons (Fsp3) is 0.0625. The number of aromatic nitrogens is 2. The van der Waals surface area contributed by atoms with Crippen LogP contribution in [0.2, 0.25) is 0 Å². The zero-order chi connectivity index (χ0) is 17.8. The summed E-state index contributed by atoms with van der Waals surface area (Å²) in [6, 6.07) is 10.9. The van der Waals surface area contributed by atoms with Crippen LogP contribution in [0.25, 0.3) is 11.3 Å². The first-order valence-electron chi connectivity index (χ1n) is 7.10. The molecule has 0 spiro atoms. The molecule has 0 aliphatic heterocycles. The highest BCUT2D eigenvalue weighted by molar-refractivity contribution is 7.03. The molecule has 3 aromatic rings. The molecule has 1 heterocycles. The SMILES string of the molecule is COc1ccc([N+](=O)[O-])cc1C(=O)Nc1ccc(-c2csnn2)cc1. The number of nitrogens with zero attached hydrogens (tertiary/aromatic N) is 3. The Bertz CT molecular complexity index is 910. The van der Waals surface area contributed by atoms with Crippen LogP contribution in [0.1, 0.15) is 10.4 Å². The van der Waals surface area contributed by atoms with E-state index in [1.807, 2.05) is 5.38 Å². The van der Waals surface area contributed by atoms with Gasteiger partial charge in [-0.25, -0.2) is 0 Å². The van der Waals surface area contributed by atoms with Crippen molar-refractivity contribution in [1.29, 1.82) is 0 Å². The largest absolute Gasteiger partial charge is 0.496 e. The quantitative estimate of drug-likeness (QED) is 0.555. The fourth-order valence-electron chi connectivity index (χ4n) is 2.20. The number of carbonyl (C=O) groups excluding carboxylic acids is 1. The number of carbonyl (C=O) groups is 1. The van der Waals surface area contributed by atoms with Crippen molar-refractivity contribution in [2.45, 2.75) is 0 Å². The van der Waals surface area contributed by atoms with Gasteiger partial charge in [0.2, 0.25) is 0 Å². The van der Waals surface area contributed by atoms with E-state index in [1.54, 1.807) is 24.3 Å². The summed E-state index contributed by atoms with van der Waals surface area (Å²) in [5, 5.41) is 19.4. The van der Waals surface area contributed by atoms with Crippen molar-refractivity contribution in [3.05, 3.63) is 63.5 Å². The molecule has 1 N–H and O–H groups in total. The molecule has 0 fully saturated rings. The molecule has 2 aromatic carbocycles. The van der Waals surface area contributed by atoms with Gasteiger partial charge in [0.1, 0.15) is 11.4 Å². The predicted octanol–water partition coefficient (Wildman–Crippen LogP) is 3.37. The Morgan fingerprint density at radius 3 is 2.60 bits per heavy atom. The molecule has 0 radical (unpaired) electrons. The van der Waals surface area contributed by atoms with Gasteiger partial charge >= 0.3 is 0 Å². The summed E-state index contributed by atoms with van der Waals surface area (Å²) in [6.07, 6.45) is 0. The summed E-state index contributed by atoms with van der Waals surface area (Å²) in [5.74, 6) is -0.239. The molecule has 0 bridgehead atoms. The Kier molecular flexibility index (Phi) is 4.66. The molecule has 1 amide bonds. The topological polar surface area (TPSA) is 107 Å². The van der Waals surface area contributed by atoms with Gasteiger partial charge in [-0.15, -0.1) is 5.10 Å². The highest BCUT2D eigenvalue weighted by atomic mass is 32.1. The third-order valence-electron chi connectivity index (χ3n) is 3.44. The van der Waals surface area contributed by atoms with E-state index in [0.29, 0.717) is 5.69 Å². The van der Waals surface area contributed by atoms with Gasteiger partial charge in [-0.05, 0) is 29.7 Å². The van der Waals surface area contributed by atoms with E-state index >= 15 is 0 Å². The Hall–Kier alpha value is -3.33. The first-order valence-corrected chi connectivity index (χ1v) is 7.93. The monoisotopic (exact) mass is 356 g/mol. The van der Waals surface area contributed by atoms with Gasteiger partial charge in [0.25, 0.3) is 11.6 Å². The Morgan fingerprint density at radius 1 is 1.24 bits per heavy atom. The van der Waals surface area contributed by atoms with Crippen LogP contribution in [0.4, 0.5) is 11.4 Å². The summed E-state index contributed by atoms with van der Waals surface area (Å²) >= 11 is 1.25. The summed E-state index contributed by atoms with van der Waals surface area (Å²) in [7, 11) is 1.40. The van der Waals surface area contributed by atoms with Crippen molar-refractivity contribution in [1.82, 2.24) is 9.59 Å². The molecule has 0 unspecified atom stereocenters. The Morgan fingerprint density at radius 2 is 2.00 bits per heavy atom. The average molecular weight is 356 g/mol. The highest BCUT2D eigenvalue weighted by Gasteiger charge is 2.17. The predicted molar refractivity (Wildman–Crippen MR) is 92.9 cm³/mol. The third-order valence-corrected chi connectivity index (χ3v) is 3.94. The lowest BCUT2D eigenvalue weighted by molar-refractivity contribution is -0.384. The van der Waals surface area contributed by atoms with Crippen molar-refractivity contribution >= 4 is 28.8 Å². The van der Waals surface area contributed by atoms with Gasteiger partial charge in [0.05, 0.1) is 17.6 Å². The molecule has 126 valence electrons. The average Bonchev–Trinajstić information content (AvgIpc) is 3.16. The van der Waals surface area contributed by atoms with Crippen LogP contribution in [0.3, 0.4) is 0 Å². The molecule has 0 aliphatic carbocycles. The fourth-order valence-corrected chi connectivity index (χ4v) is 2.67. The number of anilines is 1. The lowest BCUT2D eigenvalue weighted by Crippen LogP contribution is -2.13. The van der Waals surface area contributed by atoms with Crippen LogP contribution in [0.5, 0.6) is 5.75 Å². The number of nitrogens with one attached hydrogen (secondary N) is 1. The number of methoxy groups -OCH3 is 1. The minimum absolute atomic E-state index is 0.0875. The van der Waals surface area contributed by atoms with E-state index in [0.717, 1.165) is 11.3 Å². The second kappa shape index (κ2) is 7.05. The second-order valence-electron chi connectivity index (χ2n) is 4.96. The molecule has 0 saturated carbocycles. The number of non-ortho nitro benzene ring substituents is 1. The number of nitro benzene ring substituents is 1. The maximum absolute atomic E-state index is 12.4. The lowest BCUT2D eigenvalue weighted by atomic mass is 10.1. The van der Waals surface area contributed by atoms with Crippen molar-refractivity contribution < 1.29 is 14.5 Å². The number of ether oxygens (including phenoxy) is 1. The molecule has 25 heavy (non-hydrogen) atoms. The Labute approximate surface area is 146 Å². The summed E-state index contributed by atoms with van der Waals surface area (Å²) in [4.78, 5) is 22.8. The van der Waals surface area contributed by atoms with E-state index < -0.39 is 10.8 Å². The van der Waals surface area contributed by atoms with Gasteiger partial charge in [-0.3, -0.25) is 14.9 Å². The molecular weight excluding hydrogens is 344 g/mol. The molecule has 3 rings (SSSR count). The molecule has 9 heteroatoms. The van der Waals surface area contributed by atoms with Gasteiger partial charge in [0.15, 0.2) is 0 Å². The van der Waals surface area contributed by atoms with Gasteiger partial charge in [0, 0.05) is 28.8 Å². The lowest BCUT2D eigenvalue weighted by Gasteiger charge is -2.09. The van der Waals surface area contributed by atoms with Crippen molar-refractivity contribution in [3.63, 3.8) is 0 Å². The molecular formula is C16H12N4O4S. The van der Waals surface area contributed by atoms with Crippen LogP contribution < -0.4 is 10.1 Å². The minimum atomic E-state index is -0.563. The van der Waals surface area contributed by atoms with Gasteiger partial charge in [-0.1, -0.05) is 16.6 Å².